The Hall–Kier alpha value is -0.930. The number of hydrogen-bond acceptors (Lipinski definition) is 2. The van der Waals surface area contributed by atoms with Crippen molar-refractivity contribution in [2.45, 2.75) is 39.0 Å². The molecule has 0 atom stereocenters. The van der Waals surface area contributed by atoms with Gasteiger partial charge < -0.3 is 4.84 Å². The summed E-state index contributed by atoms with van der Waals surface area (Å²) in [4.78, 5) is 4.48. The summed E-state index contributed by atoms with van der Waals surface area (Å²) in [6, 6.07) is 5.43. The molecule has 1 aromatic rings. The first kappa shape index (κ1) is 13.1. The van der Waals surface area contributed by atoms with E-state index in [1.165, 1.54) is 0 Å². The van der Waals surface area contributed by atoms with Crippen LogP contribution in [0, 0.1) is 5.82 Å². The van der Waals surface area contributed by atoms with Gasteiger partial charge in [0.15, 0.2) is 0 Å². The quantitative estimate of drug-likeness (QED) is 0.755. The number of benzene rings is 1. The van der Waals surface area contributed by atoms with Crippen molar-refractivity contribution < 1.29 is 9.23 Å². The first-order valence-corrected chi connectivity index (χ1v) is 5.82. The zero-order valence-corrected chi connectivity index (χ0v) is 10.0. The fraction of sp³-hybridized carbons (Fsp3) is 0.538. The lowest BCUT2D eigenvalue weighted by Crippen LogP contribution is -2.05. The van der Waals surface area contributed by atoms with Crippen LogP contribution in [0.3, 0.4) is 0 Å². The minimum atomic E-state index is -0.108. The monoisotopic (exact) mass is 225 g/mol. The normalized spacial score (nSPS) is 11.1. The van der Waals surface area contributed by atoms with Crippen LogP contribution in [0.1, 0.15) is 43.7 Å². The largest absolute Gasteiger partial charge is 0.304 e. The van der Waals surface area contributed by atoms with E-state index in [2.05, 4.69) is 18.7 Å². The van der Waals surface area contributed by atoms with Crippen LogP contribution in [0.15, 0.2) is 18.2 Å². The lowest BCUT2D eigenvalue weighted by molar-refractivity contribution is 0.141. The maximum absolute atomic E-state index is 13.8. The van der Waals surface area contributed by atoms with Crippen molar-refractivity contribution in [3.63, 3.8) is 0 Å². The molecule has 0 aromatic heterocycles. The summed E-state index contributed by atoms with van der Waals surface area (Å²) in [7, 11) is 0. The van der Waals surface area contributed by atoms with Gasteiger partial charge in [-0.15, -0.1) is 0 Å². The fourth-order valence-electron chi connectivity index (χ4n) is 1.96. The molecule has 0 amide bonds. The van der Waals surface area contributed by atoms with E-state index in [4.69, 9.17) is 5.90 Å². The third kappa shape index (κ3) is 3.29. The molecule has 1 rings (SSSR count). The molecular formula is C13H20FNO. The van der Waals surface area contributed by atoms with E-state index in [1.54, 1.807) is 6.07 Å². The number of halogens is 1. The molecule has 0 aliphatic carbocycles. The molecular weight excluding hydrogens is 205 g/mol. The minimum absolute atomic E-state index is 0.108. The summed E-state index contributed by atoms with van der Waals surface area (Å²) in [5.41, 5.74) is 1.75. The van der Waals surface area contributed by atoms with Gasteiger partial charge in [0.25, 0.3) is 0 Å². The standard InChI is InChI=1S/C13H20FNO/c1-3-11(4-2)12-6-5-10(7-8-16-15)9-13(12)14/h5-6,9,11H,3-4,7-8,15H2,1-2H3. The number of rotatable bonds is 6. The van der Waals surface area contributed by atoms with Crippen molar-refractivity contribution in [1.29, 1.82) is 0 Å². The second kappa shape index (κ2) is 6.61. The Balaban J connectivity index is 2.82. The van der Waals surface area contributed by atoms with Crippen molar-refractivity contribution in [1.82, 2.24) is 0 Å². The lowest BCUT2D eigenvalue weighted by Gasteiger charge is -2.14. The maximum atomic E-state index is 13.8. The molecule has 3 heteroatoms. The molecule has 0 bridgehead atoms. The molecule has 2 N–H and O–H groups in total. The van der Waals surface area contributed by atoms with Gasteiger partial charge >= 0.3 is 0 Å². The topological polar surface area (TPSA) is 35.2 Å². The van der Waals surface area contributed by atoms with E-state index in [0.29, 0.717) is 18.9 Å². The lowest BCUT2D eigenvalue weighted by atomic mass is 9.92. The number of hydrogen-bond donors (Lipinski definition) is 1. The summed E-state index contributed by atoms with van der Waals surface area (Å²) < 4.78 is 13.8. The van der Waals surface area contributed by atoms with Gasteiger partial charge in [-0.05, 0) is 42.4 Å². The highest BCUT2D eigenvalue weighted by Gasteiger charge is 2.12. The Bertz CT molecular complexity index is 324. The highest BCUT2D eigenvalue weighted by atomic mass is 19.1. The Morgan fingerprint density at radius 3 is 2.50 bits per heavy atom. The van der Waals surface area contributed by atoms with Gasteiger partial charge in [-0.3, -0.25) is 0 Å². The van der Waals surface area contributed by atoms with Crippen LogP contribution in [0.2, 0.25) is 0 Å². The third-order valence-corrected chi connectivity index (χ3v) is 3.00. The summed E-state index contributed by atoms with van der Waals surface area (Å²) in [6.45, 7) is 4.59. The molecule has 0 fully saturated rings. The molecule has 0 heterocycles. The molecule has 2 nitrogen and oxygen atoms in total. The Kier molecular flexibility index (Phi) is 5.43. The van der Waals surface area contributed by atoms with Gasteiger partial charge in [0.1, 0.15) is 5.82 Å². The van der Waals surface area contributed by atoms with Gasteiger partial charge in [-0.25, -0.2) is 10.3 Å². The smallest absolute Gasteiger partial charge is 0.126 e. The average Bonchev–Trinajstić information content (AvgIpc) is 2.30. The SMILES string of the molecule is CCC(CC)c1ccc(CCON)cc1F. The van der Waals surface area contributed by atoms with Crippen LogP contribution in [0.4, 0.5) is 4.39 Å². The average molecular weight is 225 g/mol. The van der Waals surface area contributed by atoms with Gasteiger partial charge in [0.2, 0.25) is 0 Å². The van der Waals surface area contributed by atoms with Gasteiger partial charge in [-0.1, -0.05) is 26.0 Å². The van der Waals surface area contributed by atoms with E-state index in [-0.39, 0.29) is 5.82 Å². The van der Waals surface area contributed by atoms with E-state index in [0.717, 1.165) is 24.0 Å². The molecule has 0 saturated heterocycles. The first-order chi connectivity index (χ1) is 7.72. The zero-order chi connectivity index (χ0) is 12.0. The predicted octanol–water partition coefficient (Wildman–Crippen LogP) is 3.16. The van der Waals surface area contributed by atoms with E-state index >= 15 is 0 Å². The van der Waals surface area contributed by atoms with Crippen molar-refractivity contribution >= 4 is 0 Å². The van der Waals surface area contributed by atoms with E-state index in [1.807, 2.05) is 12.1 Å². The molecule has 1 aromatic carbocycles. The van der Waals surface area contributed by atoms with Crippen LogP contribution >= 0.6 is 0 Å². The van der Waals surface area contributed by atoms with Crippen LogP contribution in [-0.2, 0) is 11.3 Å². The molecule has 0 saturated carbocycles. The summed E-state index contributed by atoms with van der Waals surface area (Å²) in [6.07, 6.45) is 2.59. The molecule has 16 heavy (non-hydrogen) atoms. The van der Waals surface area contributed by atoms with Crippen LogP contribution in [0.5, 0.6) is 0 Å². The van der Waals surface area contributed by atoms with Crippen LogP contribution in [0.25, 0.3) is 0 Å². The van der Waals surface area contributed by atoms with Gasteiger partial charge in [-0.2, -0.15) is 0 Å². The Morgan fingerprint density at radius 2 is 2.00 bits per heavy atom. The van der Waals surface area contributed by atoms with Crippen molar-refractivity contribution in [2.24, 2.45) is 5.90 Å². The maximum Gasteiger partial charge on any atom is 0.126 e. The second-order valence-electron chi connectivity index (χ2n) is 3.99. The van der Waals surface area contributed by atoms with Crippen LogP contribution < -0.4 is 5.90 Å². The van der Waals surface area contributed by atoms with Crippen molar-refractivity contribution in [3.05, 3.63) is 35.1 Å². The fourth-order valence-corrected chi connectivity index (χ4v) is 1.96. The van der Waals surface area contributed by atoms with Gasteiger partial charge in [0.05, 0.1) is 6.61 Å². The van der Waals surface area contributed by atoms with Crippen molar-refractivity contribution in [3.8, 4) is 0 Å². The minimum Gasteiger partial charge on any atom is -0.304 e. The summed E-state index contributed by atoms with van der Waals surface area (Å²) in [5, 5.41) is 0. The second-order valence-corrected chi connectivity index (χ2v) is 3.99. The highest BCUT2D eigenvalue weighted by molar-refractivity contribution is 5.27. The molecule has 0 aliphatic rings. The van der Waals surface area contributed by atoms with E-state index < -0.39 is 0 Å². The Morgan fingerprint density at radius 1 is 1.31 bits per heavy atom. The predicted molar refractivity (Wildman–Crippen MR) is 63.6 cm³/mol. The molecule has 0 radical (unpaired) electrons. The molecule has 0 spiro atoms. The summed E-state index contributed by atoms with van der Waals surface area (Å²) >= 11 is 0. The highest BCUT2D eigenvalue weighted by Crippen LogP contribution is 2.26. The third-order valence-electron chi connectivity index (χ3n) is 3.00. The van der Waals surface area contributed by atoms with E-state index in [9.17, 15) is 4.39 Å². The Labute approximate surface area is 96.6 Å². The molecule has 0 aliphatic heterocycles. The summed E-state index contributed by atoms with van der Waals surface area (Å²) in [5.74, 6) is 5.15. The van der Waals surface area contributed by atoms with Crippen molar-refractivity contribution in [2.75, 3.05) is 6.61 Å². The molecule has 0 unspecified atom stereocenters. The van der Waals surface area contributed by atoms with Crippen LogP contribution in [-0.4, -0.2) is 6.61 Å². The van der Waals surface area contributed by atoms with Gasteiger partial charge in [0, 0.05) is 0 Å². The first-order valence-electron chi connectivity index (χ1n) is 5.82. The molecule has 90 valence electrons. The number of nitrogens with two attached hydrogens (primary N) is 1. The zero-order valence-electron chi connectivity index (χ0n) is 10.0.